The topological polar surface area (TPSA) is 96.3 Å². The van der Waals surface area contributed by atoms with Gasteiger partial charge in [-0.15, -0.1) is 11.8 Å². The number of non-ortho nitro benzene ring substituents is 1. The van der Waals surface area contributed by atoms with Crippen molar-refractivity contribution in [3.8, 4) is 0 Å². The summed E-state index contributed by atoms with van der Waals surface area (Å²) >= 11 is 6.87. The van der Waals surface area contributed by atoms with Crippen molar-refractivity contribution in [1.29, 1.82) is 0 Å². The summed E-state index contributed by atoms with van der Waals surface area (Å²) in [5.74, 6) is -0.153. The fraction of sp³-hybridized carbons (Fsp3) is 0.200. The number of carbonyl (C=O) groups excluding carboxylic acids is 1. The van der Waals surface area contributed by atoms with E-state index in [1.165, 1.54) is 29.5 Å². The average Bonchev–Trinajstić information content (AvgIpc) is 2.80. The molecule has 0 aromatic heterocycles. The van der Waals surface area contributed by atoms with Gasteiger partial charge in [-0.2, -0.15) is 0 Å². The van der Waals surface area contributed by atoms with Crippen molar-refractivity contribution < 1.29 is 9.72 Å². The maximum absolute atomic E-state index is 12.9. The number of nitro groups is 1. The van der Waals surface area contributed by atoms with Crippen LogP contribution in [0, 0.1) is 24.0 Å². The van der Waals surface area contributed by atoms with Crippen molar-refractivity contribution in [2.75, 3.05) is 16.0 Å². The number of thioether (sulfide) groups is 1. The van der Waals surface area contributed by atoms with Crippen molar-refractivity contribution in [3.05, 3.63) is 88.0 Å². The maximum Gasteiger partial charge on any atom is 0.269 e. The van der Waals surface area contributed by atoms with Crippen LogP contribution in [0.4, 0.5) is 22.7 Å². The number of rotatable bonds is 8. The zero-order chi connectivity index (χ0) is 24.7. The van der Waals surface area contributed by atoms with Crippen molar-refractivity contribution in [2.45, 2.75) is 37.3 Å². The Kier molecular flexibility index (Phi) is 8.61. The molecule has 3 rings (SSSR count). The van der Waals surface area contributed by atoms with E-state index < -0.39 is 4.92 Å². The summed E-state index contributed by atoms with van der Waals surface area (Å²) in [7, 11) is 0. The second-order valence-electron chi connectivity index (χ2n) is 7.73. The summed E-state index contributed by atoms with van der Waals surface area (Å²) in [5, 5.41) is 20.3. The van der Waals surface area contributed by atoms with E-state index in [-0.39, 0.29) is 16.8 Å². The highest BCUT2D eigenvalue weighted by molar-refractivity contribution is 8.00. The number of hydrogen-bond acceptors (Lipinski definition) is 5. The number of benzene rings is 3. The molecule has 0 saturated carbocycles. The predicted molar refractivity (Wildman–Crippen MR) is 144 cm³/mol. The van der Waals surface area contributed by atoms with Gasteiger partial charge in [0.15, 0.2) is 5.11 Å². The Morgan fingerprint density at radius 2 is 1.71 bits per heavy atom. The molecule has 0 bridgehead atoms. The highest BCUT2D eigenvalue weighted by atomic mass is 32.2. The van der Waals surface area contributed by atoms with Gasteiger partial charge in [-0.25, -0.2) is 0 Å². The molecule has 1 atom stereocenters. The Balaban J connectivity index is 1.62. The lowest BCUT2D eigenvalue weighted by molar-refractivity contribution is -0.384. The summed E-state index contributed by atoms with van der Waals surface area (Å²) in [6.07, 6.45) is 0.619. The summed E-state index contributed by atoms with van der Waals surface area (Å²) in [6.45, 7) is 5.71. The van der Waals surface area contributed by atoms with Crippen LogP contribution in [0.3, 0.4) is 0 Å². The first-order valence-electron chi connectivity index (χ1n) is 10.7. The number of thiocarbonyl (C=S) groups is 1. The number of nitrogens with one attached hydrogen (secondary N) is 3. The van der Waals surface area contributed by atoms with Crippen LogP contribution in [-0.2, 0) is 4.79 Å². The quantitative estimate of drug-likeness (QED) is 0.142. The summed E-state index contributed by atoms with van der Waals surface area (Å²) in [6, 6.07) is 20.1. The van der Waals surface area contributed by atoms with E-state index in [1.807, 2.05) is 62.4 Å². The van der Waals surface area contributed by atoms with Gasteiger partial charge in [0.25, 0.3) is 5.69 Å². The Hall–Kier alpha value is -3.43. The van der Waals surface area contributed by atoms with Crippen LogP contribution in [0.1, 0.15) is 24.5 Å². The van der Waals surface area contributed by atoms with E-state index in [2.05, 4.69) is 16.0 Å². The summed E-state index contributed by atoms with van der Waals surface area (Å²) in [4.78, 5) is 24.3. The molecule has 34 heavy (non-hydrogen) atoms. The Labute approximate surface area is 208 Å². The summed E-state index contributed by atoms with van der Waals surface area (Å²) < 4.78 is 0. The van der Waals surface area contributed by atoms with E-state index >= 15 is 0 Å². The Bertz CT molecular complexity index is 1200. The van der Waals surface area contributed by atoms with Gasteiger partial charge in [0.05, 0.1) is 10.2 Å². The molecule has 0 aliphatic heterocycles. The third-order valence-electron chi connectivity index (χ3n) is 5.02. The van der Waals surface area contributed by atoms with Crippen LogP contribution in [0.15, 0.2) is 71.6 Å². The molecule has 3 N–H and O–H groups in total. The van der Waals surface area contributed by atoms with Crippen LogP contribution in [0.5, 0.6) is 0 Å². The van der Waals surface area contributed by atoms with Crippen LogP contribution < -0.4 is 16.0 Å². The molecule has 0 spiro atoms. The molecule has 3 aromatic carbocycles. The molecular weight excluding hydrogens is 468 g/mol. The molecule has 0 aliphatic rings. The minimum absolute atomic E-state index is 0.00369. The van der Waals surface area contributed by atoms with Crippen LogP contribution >= 0.6 is 24.0 Å². The van der Waals surface area contributed by atoms with E-state index in [0.29, 0.717) is 22.8 Å². The second kappa shape index (κ2) is 11.6. The fourth-order valence-corrected chi connectivity index (χ4v) is 4.43. The van der Waals surface area contributed by atoms with Gasteiger partial charge >= 0.3 is 0 Å². The third-order valence-corrected chi connectivity index (χ3v) is 6.58. The number of carbonyl (C=O) groups is 1. The van der Waals surface area contributed by atoms with Gasteiger partial charge < -0.3 is 16.0 Å². The Morgan fingerprint density at radius 1 is 1.00 bits per heavy atom. The number of anilines is 3. The number of amides is 1. The van der Waals surface area contributed by atoms with E-state index in [4.69, 9.17) is 12.2 Å². The monoisotopic (exact) mass is 494 g/mol. The first-order valence-corrected chi connectivity index (χ1v) is 12.0. The fourth-order valence-electron chi connectivity index (χ4n) is 3.18. The minimum Gasteiger partial charge on any atom is -0.332 e. The Morgan fingerprint density at radius 3 is 2.35 bits per heavy atom. The molecule has 0 fully saturated rings. The second-order valence-corrected chi connectivity index (χ2v) is 9.42. The van der Waals surface area contributed by atoms with Crippen LogP contribution in [0.2, 0.25) is 0 Å². The molecule has 1 amide bonds. The lowest BCUT2D eigenvalue weighted by Crippen LogP contribution is -2.25. The van der Waals surface area contributed by atoms with Crippen molar-refractivity contribution in [2.24, 2.45) is 0 Å². The minimum atomic E-state index is -0.452. The van der Waals surface area contributed by atoms with E-state index in [9.17, 15) is 14.9 Å². The standard InChI is InChI=1S/C25H26N4O3S2/c1-4-23(24(30)28-22-13-12-20(29(31)32)14-17(22)3)34-21-7-5-6-19(15-21)27-25(33)26-18-10-8-16(2)9-11-18/h5-15,23H,4H2,1-3H3,(H,28,30)(H2,26,27,33). The molecule has 9 heteroatoms. The number of aryl methyl sites for hydroxylation is 2. The lowest BCUT2D eigenvalue weighted by atomic mass is 10.1. The number of hydrogen-bond donors (Lipinski definition) is 3. The SMILES string of the molecule is CCC(Sc1cccc(NC(=S)Nc2ccc(C)cc2)c1)C(=O)Nc1ccc([N+](=O)[O-])cc1C. The number of nitrogens with zero attached hydrogens (tertiary/aromatic N) is 1. The van der Waals surface area contributed by atoms with Gasteiger partial charge in [0.2, 0.25) is 5.91 Å². The predicted octanol–water partition coefficient (Wildman–Crippen LogP) is 6.53. The van der Waals surface area contributed by atoms with E-state index in [1.54, 1.807) is 13.0 Å². The smallest absolute Gasteiger partial charge is 0.269 e. The van der Waals surface area contributed by atoms with E-state index in [0.717, 1.165) is 16.3 Å². The molecule has 0 heterocycles. The van der Waals surface area contributed by atoms with Crippen LogP contribution in [0.25, 0.3) is 0 Å². The van der Waals surface area contributed by atoms with Crippen LogP contribution in [-0.4, -0.2) is 21.2 Å². The molecule has 0 aliphatic carbocycles. The van der Waals surface area contributed by atoms with Crippen molar-refractivity contribution >= 4 is 57.7 Å². The largest absolute Gasteiger partial charge is 0.332 e. The zero-order valence-corrected chi connectivity index (χ0v) is 20.8. The normalized spacial score (nSPS) is 11.4. The lowest BCUT2D eigenvalue weighted by Gasteiger charge is -2.17. The molecule has 3 aromatic rings. The first kappa shape index (κ1) is 25.2. The highest BCUT2D eigenvalue weighted by Crippen LogP contribution is 2.29. The summed E-state index contributed by atoms with van der Waals surface area (Å²) in [5.41, 5.74) is 4.10. The molecule has 7 nitrogen and oxygen atoms in total. The first-order chi connectivity index (χ1) is 16.2. The van der Waals surface area contributed by atoms with Gasteiger partial charge in [0.1, 0.15) is 0 Å². The highest BCUT2D eigenvalue weighted by Gasteiger charge is 2.19. The molecule has 0 radical (unpaired) electrons. The molecular formula is C25H26N4O3S2. The molecule has 1 unspecified atom stereocenters. The number of nitro benzene ring substituents is 1. The maximum atomic E-state index is 12.9. The van der Waals surface area contributed by atoms with Gasteiger partial charge in [-0.05, 0) is 74.4 Å². The van der Waals surface area contributed by atoms with Crippen molar-refractivity contribution in [3.63, 3.8) is 0 Å². The van der Waals surface area contributed by atoms with Crippen molar-refractivity contribution in [1.82, 2.24) is 0 Å². The zero-order valence-electron chi connectivity index (χ0n) is 19.1. The average molecular weight is 495 g/mol. The molecule has 176 valence electrons. The third kappa shape index (κ3) is 7.03. The van der Waals surface area contributed by atoms with Gasteiger partial charge in [0, 0.05) is 34.1 Å². The van der Waals surface area contributed by atoms with Gasteiger partial charge in [-0.1, -0.05) is 30.7 Å². The van der Waals surface area contributed by atoms with Gasteiger partial charge in [-0.3, -0.25) is 14.9 Å². The molecule has 0 saturated heterocycles.